The monoisotopic (exact) mass is 310 g/mol. The molecule has 1 fully saturated rings. The summed E-state index contributed by atoms with van der Waals surface area (Å²) in [6.07, 6.45) is 3.74. The first kappa shape index (κ1) is 13.9. The van der Waals surface area contributed by atoms with Gasteiger partial charge in [-0.25, -0.2) is 0 Å². The van der Waals surface area contributed by atoms with E-state index < -0.39 is 0 Å². The van der Waals surface area contributed by atoms with Crippen LogP contribution in [0.25, 0.3) is 0 Å². The van der Waals surface area contributed by atoms with Gasteiger partial charge in [-0.15, -0.1) is 0 Å². The van der Waals surface area contributed by atoms with Gasteiger partial charge in [-0.05, 0) is 72.7 Å². The molecule has 18 heavy (non-hydrogen) atoms. The summed E-state index contributed by atoms with van der Waals surface area (Å²) in [7, 11) is 0. The maximum Gasteiger partial charge on any atom is 0.0510 e. The van der Waals surface area contributed by atoms with E-state index >= 15 is 0 Å². The molecule has 2 N–H and O–H groups in total. The lowest BCUT2D eigenvalue weighted by Crippen LogP contribution is -2.25. The summed E-state index contributed by atoms with van der Waals surface area (Å²) in [6, 6.07) is 6.87. The quantitative estimate of drug-likeness (QED) is 0.870. The summed E-state index contributed by atoms with van der Waals surface area (Å²) in [6.45, 7) is 6.54. The van der Waals surface area contributed by atoms with Crippen molar-refractivity contribution in [3.63, 3.8) is 0 Å². The number of benzene rings is 1. The second-order valence-corrected chi connectivity index (χ2v) is 6.30. The molecule has 100 valence electrons. The van der Waals surface area contributed by atoms with Crippen LogP contribution in [0, 0.1) is 5.92 Å². The van der Waals surface area contributed by atoms with Crippen molar-refractivity contribution in [2.45, 2.75) is 39.2 Å². The molecule has 1 aliphatic carbocycles. The van der Waals surface area contributed by atoms with Gasteiger partial charge >= 0.3 is 0 Å². The fourth-order valence-corrected chi connectivity index (χ4v) is 2.99. The molecule has 0 spiro atoms. The number of nitrogens with two attached hydrogens (primary N) is 1. The molecule has 2 nitrogen and oxygen atoms in total. The molecule has 2 rings (SSSR count). The fraction of sp³-hybridized carbons (Fsp3) is 0.600. The molecular weight excluding hydrogens is 288 g/mol. The van der Waals surface area contributed by atoms with E-state index in [1.165, 1.54) is 35.1 Å². The first-order chi connectivity index (χ1) is 8.60. The van der Waals surface area contributed by atoms with E-state index in [9.17, 15) is 0 Å². The van der Waals surface area contributed by atoms with E-state index in [1.54, 1.807) is 0 Å². The molecule has 0 saturated heterocycles. The van der Waals surface area contributed by atoms with Crippen LogP contribution >= 0.6 is 15.9 Å². The maximum atomic E-state index is 5.85. The zero-order valence-corrected chi connectivity index (χ0v) is 12.9. The van der Waals surface area contributed by atoms with Crippen LogP contribution in [0.5, 0.6) is 0 Å². The van der Waals surface area contributed by atoms with Gasteiger partial charge in [0, 0.05) is 23.6 Å². The molecule has 1 aromatic rings. The summed E-state index contributed by atoms with van der Waals surface area (Å²) in [5.41, 5.74) is 8.47. The molecule has 0 aromatic heterocycles. The lowest BCUT2D eigenvalue weighted by atomic mass is 10.1. The standard InChI is InChI=1S/C15H23BrN2/c1-3-18(10-12-4-5-12)15-7-6-13(8-11(2)17)9-14(15)16/h6-7,9,11-12H,3-5,8,10,17H2,1-2H3. The summed E-state index contributed by atoms with van der Waals surface area (Å²) in [4.78, 5) is 2.47. The van der Waals surface area contributed by atoms with Crippen molar-refractivity contribution < 1.29 is 0 Å². The Balaban J connectivity index is 2.11. The maximum absolute atomic E-state index is 5.85. The van der Waals surface area contributed by atoms with Gasteiger partial charge in [-0.2, -0.15) is 0 Å². The summed E-state index contributed by atoms with van der Waals surface area (Å²) in [5, 5.41) is 0. The Labute approximate surface area is 119 Å². The van der Waals surface area contributed by atoms with Crippen molar-refractivity contribution in [3.8, 4) is 0 Å². The van der Waals surface area contributed by atoms with Crippen LogP contribution in [-0.2, 0) is 6.42 Å². The van der Waals surface area contributed by atoms with Crippen LogP contribution in [0.15, 0.2) is 22.7 Å². The van der Waals surface area contributed by atoms with Gasteiger partial charge < -0.3 is 10.6 Å². The van der Waals surface area contributed by atoms with E-state index in [2.05, 4.69) is 46.0 Å². The average molecular weight is 311 g/mol. The normalized spacial score (nSPS) is 16.7. The van der Waals surface area contributed by atoms with Gasteiger partial charge in [0.1, 0.15) is 0 Å². The minimum atomic E-state index is 0.219. The van der Waals surface area contributed by atoms with E-state index in [4.69, 9.17) is 5.73 Å². The highest BCUT2D eigenvalue weighted by atomic mass is 79.9. The zero-order chi connectivity index (χ0) is 13.1. The van der Waals surface area contributed by atoms with Crippen molar-refractivity contribution in [1.82, 2.24) is 0 Å². The van der Waals surface area contributed by atoms with E-state index in [-0.39, 0.29) is 6.04 Å². The van der Waals surface area contributed by atoms with Crippen LogP contribution < -0.4 is 10.6 Å². The smallest absolute Gasteiger partial charge is 0.0510 e. The predicted octanol–water partition coefficient (Wildman–Crippen LogP) is 3.58. The Morgan fingerprint density at radius 3 is 2.67 bits per heavy atom. The van der Waals surface area contributed by atoms with Crippen molar-refractivity contribution in [3.05, 3.63) is 28.2 Å². The second-order valence-electron chi connectivity index (χ2n) is 5.45. The third kappa shape index (κ3) is 3.72. The lowest BCUT2D eigenvalue weighted by Gasteiger charge is -2.24. The molecule has 1 aromatic carbocycles. The van der Waals surface area contributed by atoms with Crippen molar-refractivity contribution in [2.75, 3.05) is 18.0 Å². The van der Waals surface area contributed by atoms with Gasteiger partial charge in [-0.3, -0.25) is 0 Å². The molecule has 0 aliphatic heterocycles. The predicted molar refractivity (Wildman–Crippen MR) is 82.1 cm³/mol. The summed E-state index contributed by atoms with van der Waals surface area (Å²) >= 11 is 3.71. The molecule has 0 amide bonds. The molecular formula is C15H23BrN2. The Morgan fingerprint density at radius 1 is 1.44 bits per heavy atom. The number of hydrogen-bond donors (Lipinski definition) is 1. The van der Waals surface area contributed by atoms with Crippen molar-refractivity contribution >= 4 is 21.6 Å². The van der Waals surface area contributed by atoms with Gasteiger partial charge in [0.2, 0.25) is 0 Å². The SMILES string of the molecule is CCN(CC1CC1)c1ccc(CC(C)N)cc1Br. The molecule has 0 heterocycles. The third-order valence-electron chi connectivity index (χ3n) is 3.47. The Bertz CT molecular complexity index is 399. The van der Waals surface area contributed by atoms with Crippen LogP contribution in [0.1, 0.15) is 32.3 Å². The molecule has 1 aliphatic rings. The first-order valence-electron chi connectivity index (χ1n) is 6.89. The number of hydrogen-bond acceptors (Lipinski definition) is 2. The van der Waals surface area contributed by atoms with E-state index in [0.717, 1.165) is 18.9 Å². The topological polar surface area (TPSA) is 29.3 Å². The van der Waals surface area contributed by atoms with Crippen molar-refractivity contribution in [1.29, 1.82) is 0 Å². The second kappa shape index (κ2) is 6.07. The minimum Gasteiger partial charge on any atom is -0.371 e. The van der Waals surface area contributed by atoms with Gasteiger partial charge in [-0.1, -0.05) is 6.07 Å². The van der Waals surface area contributed by atoms with Crippen LogP contribution in [-0.4, -0.2) is 19.1 Å². The highest BCUT2D eigenvalue weighted by Crippen LogP contribution is 2.34. The van der Waals surface area contributed by atoms with Crippen LogP contribution in [0.3, 0.4) is 0 Å². The molecule has 0 radical (unpaired) electrons. The molecule has 1 saturated carbocycles. The molecule has 1 atom stereocenters. The first-order valence-corrected chi connectivity index (χ1v) is 7.68. The van der Waals surface area contributed by atoms with E-state index in [1.807, 2.05) is 6.92 Å². The Hall–Kier alpha value is -0.540. The molecule has 0 bridgehead atoms. The van der Waals surface area contributed by atoms with Gasteiger partial charge in [0.15, 0.2) is 0 Å². The highest BCUT2D eigenvalue weighted by Gasteiger charge is 2.24. The number of rotatable bonds is 6. The summed E-state index contributed by atoms with van der Waals surface area (Å²) < 4.78 is 1.20. The minimum absolute atomic E-state index is 0.219. The largest absolute Gasteiger partial charge is 0.371 e. The highest BCUT2D eigenvalue weighted by molar-refractivity contribution is 9.10. The van der Waals surface area contributed by atoms with Gasteiger partial charge in [0.05, 0.1) is 5.69 Å². The third-order valence-corrected chi connectivity index (χ3v) is 4.10. The molecule has 3 heteroatoms. The Kier molecular flexibility index (Phi) is 4.68. The van der Waals surface area contributed by atoms with E-state index in [0.29, 0.717) is 0 Å². The fourth-order valence-electron chi connectivity index (χ4n) is 2.32. The van der Waals surface area contributed by atoms with Crippen LogP contribution in [0.2, 0.25) is 0 Å². The Morgan fingerprint density at radius 2 is 2.17 bits per heavy atom. The summed E-state index contributed by atoms with van der Waals surface area (Å²) in [5.74, 6) is 0.917. The van der Waals surface area contributed by atoms with Crippen LogP contribution in [0.4, 0.5) is 5.69 Å². The van der Waals surface area contributed by atoms with Crippen molar-refractivity contribution in [2.24, 2.45) is 11.7 Å². The number of halogens is 1. The average Bonchev–Trinajstić information content (AvgIpc) is 3.10. The van der Waals surface area contributed by atoms with Gasteiger partial charge in [0.25, 0.3) is 0 Å². The lowest BCUT2D eigenvalue weighted by molar-refractivity contribution is 0.732. The zero-order valence-electron chi connectivity index (χ0n) is 11.3. The molecule has 1 unspecified atom stereocenters. The number of anilines is 1. The number of nitrogens with zero attached hydrogens (tertiary/aromatic N) is 1.